The molecule has 7 aromatic rings. The Hall–Kier alpha value is -5.10. The van der Waals surface area contributed by atoms with Crippen LogP contribution in [0.25, 0.3) is 27.8 Å². The van der Waals surface area contributed by atoms with Crippen LogP contribution in [-0.4, -0.2) is 35.5 Å². The van der Waals surface area contributed by atoms with Crippen LogP contribution in [0.3, 0.4) is 0 Å². The number of benzene rings is 3. The number of nitrogens with zero attached hydrogens (tertiary/aromatic N) is 6. The molecule has 0 aliphatic carbocycles. The van der Waals surface area contributed by atoms with E-state index in [1.807, 2.05) is 78.9 Å². The van der Waals surface area contributed by atoms with Crippen LogP contribution in [0.4, 0.5) is 4.39 Å². The summed E-state index contributed by atoms with van der Waals surface area (Å²) < 4.78 is 24.4. The molecule has 8 nitrogen and oxygen atoms in total. The molecule has 0 bridgehead atoms. The van der Waals surface area contributed by atoms with Crippen LogP contribution in [0.15, 0.2) is 116 Å². The molecular weight excluding hydrogens is 656 g/mol. The maximum atomic E-state index is 14.2. The summed E-state index contributed by atoms with van der Waals surface area (Å²) in [6.45, 7) is 0.191. The minimum absolute atomic E-state index is 0.116. The summed E-state index contributed by atoms with van der Waals surface area (Å²) in [4.78, 5) is 8.27. The molecule has 7 rings (SSSR count). The number of nitrogens with one attached hydrogen (secondary N) is 1. The van der Waals surface area contributed by atoms with Gasteiger partial charge in [-0.25, -0.2) is 0 Å². The molecule has 0 saturated carbocycles. The predicted octanol–water partition coefficient (Wildman–Crippen LogP) is 3.00. The number of pyridine rings is 2. The van der Waals surface area contributed by atoms with Gasteiger partial charge in [-0.1, -0.05) is 30.3 Å². The first-order chi connectivity index (χ1) is 21.1. The molecule has 0 unspecified atom stereocenters. The number of hydrogen-bond donors (Lipinski definition) is 1. The van der Waals surface area contributed by atoms with E-state index in [0.717, 1.165) is 29.3 Å². The van der Waals surface area contributed by atoms with E-state index in [1.165, 1.54) is 6.20 Å². The van der Waals surface area contributed by atoms with Gasteiger partial charge in [0.2, 0.25) is 0 Å². The van der Waals surface area contributed by atoms with Crippen LogP contribution >= 0.6 is 0 Å². The molecular formula is C33H22FIN7O-. The number of fused-ring (bicyclic) bond motifs is 2. The Bertz CT molecular complexity index is 2120. The SMILES string of the molecule is N=C(c1cccc([I-]c2ccc3c(OCc4nnc5ccc(-c6ccccc6)nn45)ccnc3c2)c1)c1cccnc1F. The van der Waals surface area contributed by atoms with Crippen molar-refractivity contribution in [3.8, 4) is 17.0 Å². The van der Waals surface area contributed by atoms with Crippen molar-refractivity contribution in [1.29, 1.82) is 5.41 Å². The molecule has 43 heavy (non-hydrogen) atoms. The topological polar surface area (TPSA) is 102 Å². The second-order valence-electron chi connectivity index (χ2n) is 9.55. The molecule has 4 heterocycles. The van der Waals surface area contributed by atoms with Crippen molar-refractivity contribution >= 4 is 22.3 Å². The zero-order valence-corrected chi connectivity index (χ0v) is 24.7. The minimum atomic E-state index is -0.642. The van der Waals surface area contributed by atoms with Crippen molar-refractivity contribution < 1.29 is 30.3 Å². The van der Waals surface area contributed by atoms with E-state index in [-0.39, 0.29) is 17.9 Å². The molecule has 0 aliphatic heterocycles. The fourth-order valence-electron chi connectivity index (χ4n) is 4.66. The number of halogens is 2. The van der Waals surface area contributed by atoms with Gasteiger partial charge in [-0.2, -0.15) is 0 Å². The third-order valence-electron chi connectivity index (χ3n) is 6.78. The summed E-state index contributed by atoms with van der Waals surface area (Å²) in [5.41, 5.74) is 4.27. The Morgan fingerprint density at radius 3 is 2.58 bits per heavy atom. The normalized spacial score (nSPS) is 11.3. The quantitative estimate of drug-likeness (QED) is 0.151. The van der Waals surface area contributed by atoms with Gasteiger partial charge in [0, 0.05) is 0 Å². The Morgan fingerprint density at radius 1 is 0.814 bits per heavy atom. The van der Waals surface area contributed by atoms with Crippen LogP contribution < -0.4 is 25.9 Å². The van der Waals surface area contributed by atoms with Gasteiger partial charge in [0.25, 0.3) is 0 Å². The fourth-order valence-corrected chi connectivity index (χ4v) is 7.07. The van der Waals surface area contributed by atoms with E-state index in [1.54, 1.807) is 22.8 Å². The van der Waals surface area contributed by atoms with Crippen molar-refractivity contribution in [2.75, 3.05) is 0 Å². The van der Waals surface area contributed by atoms with Gasteiger partial charge in [0.05, 0.1) is 0 Å². The zero-order chi connectivity index (χ0) is 29.2. The third-order valence-corrected chi connectivity index (χ3v) is 9.37. The molecule has 210 valence electrons. The van der Waals surface area contributed by atoms with Crippen LogP contribution in [0.5, 0.6) is 5.75 Å². The summed E-state index contributed by atoms with van der Waals surface area (Å²) in [7, 11) is 0. The molecule has 0 aliphatic rings. The van der Waals surface area contributed by atoms with Gasteiger partial charge in [-0.15, -0.1) is 0 Å². The van der Waals surface area contributed by atoms with Crippen molar-refractivity contribution in [2.45, 2.75) is 6.61 Å². The molecule has 10 heteroatoms. The molecule has 0 fully saturated rings. The Balaban J connectivity index is 1.10. The van der Waals surface area contributed by atoms with Gasteiger partial charge < -0.3 is 0 Å². The van der Waals surface area contributed by atoms with E-state index in [2.05, 4.69) is 32.3 Å². The van der Waals surface area contributed by atoms with Gasteiger partial charge >= 0.3 is 227 Å². The van der Waals surface area contributed by atoms with Crippen molar-refractivity contribution in [3.05, 3.63) is 146 Å². The zero-order valence-electron chi connectivity index (χ0n) is 22.5. The summed E-state index contributed by atoms with van der Waals surface area (Å²) >= 11 is -0.575. The average Bonchev–Trinajstić information content (AvgIpc) is 3.46. The molecule has 1 N–H and O–H groups in total. The summed E-state index contributed by atoms with van der Waals surface area (Å²) in [6.07, 6.45) is 3.12. The van der Waals surface area contributed by atoms with E-state index < -0.39 is 27.2 Å². The predicted molar refractivity (Wildman–Crippen MR) is 156 cm³/mol. The maximum absolute atomic E-state index is 14.2. The van der Waals surface area contributed by atoms with Gasteiger partial charge in [-0.3, -0.25) is 0 Å². The first kappa shape index (κ1) is 26.8. The molecule has 0 amide bonds. The van der Waals surface area contributed by atoms with Crippen LogP contribution in [0.2, 0.25) is 0 Å². The van der Waals surface area contributed by atoms with Crippen molar-refractivity contribution in [3.63, 3.8) is 0 Å². The Morgan fingerprint density at radius 2 is 1.70 bits per heavy atom. The molecule has 0 atom stereocenters. The fraction of sp³-hybridized carbons (Fsp3) is 0.0303. The first-order valence-electron chi connectivity index (χ1n) is 13.4. The number of ether oxygens (including phenoxy) is 1. The van der Waals surface area contributed by atoms with E-state index in [0.29, 0.717) is 22.8 Å². The average molecular weight is 678 g/mol. The second kappa shape index (κ2) is 11.6. The van der Waals surface area contributed by atoms with Gasteiger partial charge in [0.15, 0.2) is 0 Å². The number of hydrogen-bond acceptors (Lipinski definition) is 7. The first-order valence-corrected chi connectivity index (χ1v) is 15.5. The Labute approximate surface area is 256 Å². The van der Waals surface area contributed by atoms with Gasteiger partial charge in [-0.05, 0) is 0 Å². The summed E-state index contributed by atoms with van der Waals surface area (Å²) in [5.74, 6) is 0.646. The second-order valence-corrected chi connectivity index (χ2v) is 12.6. The van der Waals surface area contributed by atoms with E-state index >= 15 is 0 Å². The van der Waals surface area contributed by atoms with E-state index in [9.17, 15) is 4.39 Å². The molecule has 3 aromatic carbocycles. The van der Waals surface area contributed by atoms with Crippen LogP contribution in [-0.2, 0) is 6.61 Å². The van der Waals surface area contributed by atoms with Crippen LogP contribution in [0.1, 0.15) is 17.0 Å². The molecule has 0 radical (unpaired) electrons. The molecule has 0 saturated heterocycles. The number of aromatic nitrogens is 6. The van der Waals surface area contributed by atoms with Gasteiger partial charge in [0.1, 0.15) is 0 Å². The molecule has 4 aromatic heterocycles. The Kier molecular flexibility index (Phi) is 7.25. The standard InChI is InChI=1S/C33H22FIN7O/c34-33-26(10-5-16-38-33)32(36)22-8-4-9-23(18-22)35-24-11-12-25-28(19-24)37-17-15-29(25)43-20-31-40-39-30-14-13-27(41-42(30)31)21-6-2-1-3-7-21/h1-19,36H,20H2/q-1. The molecule has 0 spiro atoms. The van der Waals surface area contributed by atoms with E-state index in [4.69, 9.17) is 15.2 Å². The van der Waals surface area contributed by atoms with Crippen molar-refractivity contribution in [2.24, 2.45) is 0 Å². The summed E-state index contributed by atoms with van der Waals surface area (Å²) in [6, 6.07) is 32.8. The summed E-state index contributed by atoms with van der Waals surface area (Å²) in [5, 5.41) is 22.7. The van der Waals surface area contributed by atoms with Crippen LogP contribution in [0, 0.1) is 18.5 Å². The monoisotopic (exact) mass is 678 g/mol. The van der Waals surface area contributed by atoms with Crippen molar-refractivity contribution in [1.82, 2.24) is 29.8 Å². The number of rotatable bonds is 8. The third kappa shape index (κ3) is 5.56.